The summed E-state index contributed by atoms with van der Waals surface area (Å²) in [4.78, 5) is 25.5. The van der Waals surface area contributed by atoms with E-state index >= 15 is 0 Å². The van der Waals surface area contributed by atoms with Crippen molar-refractivity contribution in [2.24, 2.45) is 11.3 Å². The van der Waals surface area contributed by atoms with Crippen molar-refractivity contribution >= 4 is 11.9 Å². The number of allylic oxidation sites excluding steroid dienone is 1. The Bertz CT molecular complexity index is 1140. The van der Waals surface area contributed by atoms with Crippen molar-refractivity contribution in [3.63, 3.8) is 0 Å². The Morgan fingerprint density at radius 3 is 2.06 bits per heavy atom. The zero-order valence-corrected chi connectivity index (χ0v) is 20.5. The Kier molecular flexibility index (Phi) is 8.30. The molecule has 0 aliphatic carbocycles. The van der Waals surface area contributed by atoms with Crippen molar-refractivity contribution in [2.75, 3.05) is 6.61 Å². The minimum atomic E-state index is -1.08. The third kappa shape index (κ3) is 6.28. The quantitative estimate of drug-likeness (QED) is 0.354. The van der Waals surface area contributed by atoms with E-state index in [0.717, 1.165) is 22.3 Å². The lowest BCUT2D eigenvalue weighted by atomic mass is 9.86. The van der Waals surface area contributed by atoms with E-state index in [4.69, 9.17) is 0 Å². The molecule has 0 aliphatic rings. The molecule has 1 heterocycles. The third-order valence-electron chi connectivity index (χ3n) is 6.29. The number of carbonyl (C=O) groups is 2. The van der Waals surface area contributed by atoms with Gasteiger partial charge in [-0.05, 0) is 40.2 Å². The fourth-order valence-corrected chi connectivity index (χ4v) is 4.11. The maximum absolute atomic E-state index is 13.4. The molecule has 0 bridgehead atoms. The molecule has 2 unspecified atom stereocenters. The van der Waals surface area contributed by atoms with E-state index in [1.807, 2.05) is 69.3 Å². The van der Waals surface area contributed by atoms with Gasteiger partial charge in [0.2, 0.25) is 5.91 Å². The minimum Gasteiger partial charge on any atom is -0.481 e. The first-order valence-corrected chi connectivity index (χ1v) is 11.7. The van der Waals surface area contributed by atoms with Crippen molar-refractivity contribution < 1.29 is 19.8 Å². The van der Waals surface area contributed by atoms with Gasteiger partial charge in [-0.1, -0.05) is 81.4 Å². The zero-order valence-electron chi connectivity index (χ0n) is 20.5. The van der Waals surface area contributed by atoms with Crippen LogP contribution in [0.25, 0.3) is 22.3 Å². The van der Waals surface area contributed by atoms with Gasteiger partial charge in [0.15, 0.2) is 0 Å². The van der Waals surface area contributed by atoms with Gasteiger partial charge in [0.05, 0.1) is 18.6 Å². The van der Waals surface area contributed by atoms with E-state index in [9.17, 15) is 19.8 Å². The summed E-state index contributed by atoms with van der Waals surface area (Å²) in [5.41, 5.74) is 3.66. The molecule has 6 nitrogen and oxygen atoms in total. The van der Waals surface area contributed by atoms with E-state index in [2.05, 4.69) is 24.0 Å². The molecule has 0 spiro atoms. The summed E-state index contributed by atoms with van der Waals surface area (Å²) >= 11 is 0. The number of nitrogens with one attached hydrogen (secondary N) is 1. The average Bonchev–Trinajstić information content (AvgIpc) is 3.31. The van der Waals surface area contributed by atoms with Crippen LogP contribution in [-0.2, 0) is 9.59 Å². The second kappa shape index (κ2) is 11.2. The highest BCUT2D eigenvalue weighted by molar-refractivity contribution is 5.87. The van der Waals surface area contributed by atoms with Crippen LogP contribution in [0.1, 0.15) is 33.2 Å². The molecule has 3 rings (SSSR count). The predicted molar refractivity (Wildman–Crippen MR) is 139 cm³/mol. The first kappa shape index (κ1) is 26.0. The molecular formula is C29H34N2O4. The summed E-state index contributed by atoms with van der Waals surface area (Å²) in [5, 5.41) is 22.6. The van der Waals surface area contributed by atoms with Crippen LogP contribution in [0.2, 0.25) is 0 Å². The van der Waals surface area contributed by atoms with Gasteiger partial charge in [-0.25, -0.2) is 0 Å². The first-order valence-electron chi connectivity index (χ1n) is 11.7. The third-order valence-corrected chi connectivity index (χ3v) is 6.29. The number of hydrogen-bond acceptors (Lipinski definition) is 3. The molecule has 0 radical (unpaired) electrons. The molecule has 3 aromatic rings. The summed E-state index contributed by atoms with van der Waals surface area (Å²) in [7, 11) is 0. The lowest BCUT2D eigenvalue weighted by Gasteiger charge is -2.32. The molecule has 35 heavy (non-hydrogen) atoms. The van der Waals surface area contributed by atoms with Crippen molar-refractivity contribution in [3.8, 4) is 22.3 Å². The highest BCUT2D eigenvalue weighted by Gasteiger charge is 2.36. The minimum absolute atomic E-state index is 0.131. The average molecular weight is 475 g/mol. The molecule has 0 fully saturated rings. The Balaban J connectivity index is 1.93. The lowest BCUT2D eigenvalue weighted by Crippen LogP contribution is -2.50. The van der Waals surface area contributed by atoms with Crippen LogP contribution >= 0.6 is 0 Å². The number of rotatable bonds is 10. The molecule has 0 aliphatic heterocycles. The number of aliphatic carboxylic acids is 1. The predicted octanol–water partition coefficient (Wildman–Crippen LogP) is 5.16. The van der Waals surface area contributed by atoms with Crippen molar-refractivity contribution in [1.82, 2.24) is 9.88 Å². The number of carboxylic acids is 1. The molecule has 2 aromatic carbocycles. The molecule has 1 aromatic heterocycles. The fraction of sp³-hybridized carbons (Fsp3) is 0.310. The summed E-state index contributed by atoms with van der Waals surface area (Å²) in [6.45, 7) is 9.17. The van der Waals surface area contributed by atoms with Crippen LogP contribution in [0, 0.1) is 11.3 Å². The molecule has 1 amide bonds. The normalized spacial score (nSPS) is 14.1. The van der Waals surface area contributed by atoms with Crippen LogP contribution in [-0.4, -0.2) is 39.3 Å². The molecule has 0 saturated heterocycles. The number of carbonyl (C=O) groups excluding carboxylic acids is 1. The Labute approximate surface area is 206 Å². The molecular weight excluding hydrogens is 440 g/mol. The monoisotopic (exact) mass is 474 g/mol. The number of nitrogens with zero attached hydrogens (tertiary/aromatic N) is 1. The number of amides is 1. The van der Waals surface area contributed by atoms with Gasteiger partial charge in [-0.15, -0.1) is 6.58 Å². The van der Waals surface area contributed by atoms with Crippen LogP contribution in [0.4, 0.5) is 0 Å². The van der Waals surface area contributed by atoms with Gasteiger partial charge in [-0.3, -0.25) is 9.59 Å². The molecule has 6 heteroatoms. The highest BCUT2D eigenvalue weighted by Crippen LogP contribution is 2.30. The first-order chi connectivity index (χ1) is 16.7. The van der Waals surface area contributed by atoms with Crippen LogP contribution in [0.3, 0.4) is 0 Å². The zero-order chi connectivity index (χ0) is 25.6. The fourth-order valence-electron chi connectivity index (χ4n) is 4.11. The van der Waals surface area contributed by atoms with Crippen LogP contribution in [0.5, 0.6) is 0 Å². The Morgan fingerprint density at radius 2 is 1.54 bits per heavy atom. The second-order valence-electron chi connectivity index (χ2n) is 9.81. The van der Waals surface area contributed by atoms with Crippen LogP contribution < -0.4 is 5.32 Å². The number of aromatic nitrogens is 1. The Hall–Kier alpha value is -3.64. The topological polar surface area (TPSA) is 91.6 Å². The number of carboxylic acid groups (broad SMARTS) is 1. The van der Waals surface area contributed by atoms with E-state index in [1.165, 1.54) is 6.08 Å². The van der Waals surface area contributed by atoms with Gasteiger partial charge >= 0.3 is 5.97 Å². The highest BCUT2D eigenvalue weighted by atomic mass is 16.4. The largest absolute Gasteiger partial charge is 0.481 e. The number of benzene rings is 2. The number of hydrogen-bond donors (Lipinski definition) is 3. The van der Waals surface area contributed by atoms with Crippen molar-refractivity contribution in [1.29, 1.82) is 0 Å². The van der Waals surface area contributed by atoms with Crippen LogP contribution in [0.15, 0.2) is 85.7 Å². The summed E-state index contributed by atoms with van der Waals surface area (Å²) in [6, 6.07) is 18.5. The molecule has 3 atom stereocenters. The maximum atomic E-state index is 13.4. The smallest absolute Gasteiger partial charge is 0.309 e. The summed E-state index contributed by atoms with van der Waals surface area (Å²) in [5.74, 6) is -2.54. The second-order valence-corrected chi connectivity index (χ2v) is 9.81. The van der Waals surface area contributed by atoms with E-state index in [1.54, 1.807) is 17.0 Å². The van der Waals surface area contributed by atoms with Crippen molar-refractivity contribution in [3.05, 3.63) is 85.7 Å². The van der Waals surface area contributed by atoms with Crippen molar-refractivity contribution in [2.45, 2.75) is 39.3 Å². The van der Waals surface area contributed by atoms with E-state index in [-0.39, 0.29) is 13.0 Å². The lowest BCUT2D eigenvalue weighted by molar-refractivity contribution is -0.147. The van der Waals surface area contributed by atoms with Gasteiger partial charge in [0.25, 0.3) is 0 Å². The van der Waals surface area contributed by atoms with Gasteiger partial charge < -0.3 is 20.1 Å². The van der Waals surface area contributed by atoms with E-state index in [0.29, 0.717) is 0 Å². The standard InChI is InChI=1S/C29H34N2O4/c1-5-9-24(28(34)35)26(27(33)30-25(19-32)29(2,3)4)31-17-16-23(18-31)22-14-12-21(13-15-22)20-10-7-6-8-11-20/h5-8,10-18,24-26,32H,1,9,19H2,2-4H3,(H,30,33)(H,34,35)/t24?,25?,26-/m1/s1. The summed E-state index contributed by atoms with van der Waals surface area (Å²) < 4.78 is 1.65. The van der Waals surface area contributed by atoms with Gasteiger partial charge in [0.1, 0.15) is 6.04 Å². The SMILES string of the molecule is C=CCC(C(=O)O)[C@H](C(=O)NC(CO)C(C)(C)C)n1ccc(-c2ccc(-c3ccccc3)cc2)c1. The number of aliphatic hydroxyl groups excluding tert-OH is 1. The van der Waals surface area contributed by atoms with Gasteiger partial charge in [0, 0.05) is 12.4 Å². The molecule has 184 valence electrons. The number of aliphatic hydroxyl groups is 1. The Morgan fingerprint density at radius 1 is 0.971 bits per heavy atom. The molecule has 3 N–H and O–H groups in total. The molecule has 0 saturated carbocycles. The maximum Gasteiger partial charge on any atom is 0.309 e. The van der Waals surface area contributed by atoms with E-state index < -0.39 is 35.3 Å². The summed E-state index contributed by atoms with van der Waals surface area (Å²) in [6.07, 6.45) is 5.17. The van der Waals surface area contributed by atoms with Gasteiger partial charge in [-0.2, -0.15) is 0 Å².